The van der Waals surface area contributed by atoms with Gasteiger partial charge in [0, 0.05) is 17.7 Å². The van der Waals surface area contributed by atoms with Crippen LogP contribution in [0.5, 0.6) is 11.5 Å². The van der Waals surface area contributed by atoms with E-state index in [0.717, 1.165) is 0 Å². The summed E-state index contributed by atoms with van der Waals surface area (Å²) in [4.78, 5) is 21.2. The Morgan fingerprint density at radius 1 is 1.24 bits per heavy atom. The molecule has 7 heteroatoms. The number of nitro benzene ring substituents is 1. The van der Waals surface area contributed by atoms with E-state index in [1.807, 2.05) is 0 Å². The lowest BCUT2D eigenvalue weighted by Gasteiger charge is -2.10. The van der Waals surface area contributed by atoms with Crippen LogP contribution in [0.1, 0.15) is 10.4 Å². The topological polar surface area (TPSA) is 110 Å². The van der Waals surface area contributed by atoms with Crippen molar-refractivity contribution >= 4 is 11.7 Å². The minimum absolute atomic E-state index is 0.0169. The summed E-state index contributed by atoms with van der Waals surface area (Å²) in [6, 6.07) is 7.88. The number of nitrogens with zero attached hydrogens (tertiary/aromatic N) is 1. The first-order valence-electron chi connectivity index (χ1n) is 5.83. The van der Waals surface area contributed by atoms with E-state index in [1.165, 1.54) is 43.5 Å². The molecule has 0 spiro atoms. The molecule has 21 heavy (non-hydrogen) atoms. The van der Waals surface area contributed by atoms with Crippen molar-refractivity contribution in [3.05, 3.63) is 52.1 Å². The van der Waals surface area contributed by atoms with Crippen LogP contribution in [-0.2, 0) is 0 Å². The lowest BCUT2D eigenvalue weighted by molar-refractivity contribution is -0.384. The number of hydrogen-bond acceptors (Lipinski definition) is 5. The first-order valence-corrected chi connectivity index (χ1v) is 5.83. The van der Waals surface area contributed by atoms with E-state index in [1.54, 1.807) is 0 Å². The molecule has 2 rings (SSSR count). The van der Waals surface area contributed by atoms with E-state index in [0.29, 0.717) is 5.56 Å². The molecule has 0 aliphatic rings. The Labute approximate surface area is 119 Å². The highest BCUT2D eigenvalue weighted by molar-refractivity contribution is 5.91. The highest BCUT2D eigenvalue weighted by atomic mass is 16.6. The van der Waals surface area contributed by atoms with Gasteiger partial charge < -0.3 is 14.9 Å². The van der Waals surface area contributed by atoms with E-state index in [9.17, 15) is 20.0 Å². The molecule has 0 amide bonds. The van der Waals surface area contributed by atoms with E-state index in [2.05, 4.69) is 0 Å². The summed E-state index contributed by atoms with van der Waals surface area (Å²) in [6.07, 6.45) is 0. The highest BCUT2D eigenvalue weighted by Gasteiger charge is 2.16. The van der Waals surface area contributed by atoms with Crippen LogP contribution in [0.25, 0.3) is 11.1 Å². The normalized spacial score (nSPS) is 10.1. The molecule has 2 aromatic carbocycles. The van der Waals surface area contributed by atoms with Crippen molar-refractivity contribution in [1.29, 1.82) is 0 Å². The minimum Gasteiger partial charge on any atom is -0.504 e. The zero-order valence-electron chi connectivity index (χ0n) is 10.9. The van der Waals surface area contributed by atoms with Gasteiger partial charge in [0.1, 0.15) is 0 Å². The van der Waals surface area contributed by atoms with Gasteiger partial charge in [0.15, 0.2) is 11.5 Å². The van der Waals surface area contributed by atoms with Gasteiger partial charge in [0.2, 0.25) is 0 Å². The molecule has 0 saturated heterocycles. The maximum absolute atomic E-state index is 11.1. The number of hydrogen-bond donors (Lipinski definition) is 2. The fourth-order valence-electron chi connectivity index (χ4n) is 1.87. The van der Waals surface area contributed by atoms with Crippen LogP contribution in [0.4, 0.5) is 5.69 Å². The molecule has 0 unspecified atom stereocenters. The van der Waals surface area contributed by atoms with Crippen LogP contribution in [0.15, 0.2) is 36.4 Å². The van der Waals surface area contributed by atoms with Crippen molar-refractivity contribution in [3.8, 4) is 22.6 Å². The molecule has 0 saturated carbocycles. The number of carboxylic acid groups (broad SMARTS) is 1. The smallest absolute Gasteiger partial charge is 0.335 e. The summed E-state index contributed by atoms with van der Waals surface area (Å²) in [5.41, 5.74) is 0.513. The highest BCUT2D eigenvalue weighted by Crippen LogP contribution is 2.38. The summed E-state index contributed by atoms with van der Waals surface area (Å²) in [5, 5.41) is 29.8. The molecule has 0 aliphatic carbocycles. The molecule has 108 valence electrons. The molecule has 2 aromatic rings. The Balaban J connectivity index is 2.59. The number of benzene rings is 2. The van der Waals surface area contributed by atoms with Crippen molar-refractivity contribution in [3.63, 3.8) is 0 Å². The molecule has 7 nitrogen and oxygen atoms in total. The van der Waals surface area contributed by atoms with Gasteiger partial charge in [-0.15, -0.1) is 0 Å². The zero-order chi connectivity index (χ0) is 15.6. The Hall–Kier alpha value is -3.09. The summed E-state index contributed by atoms with van der Waals surface area (Å²) < 4.78 is 4.94. The van der Waals surface area contributed by atoms with Gasteiger partial charge in [0.05, 0.1) is 17.6 Å². The Morgan fingerprint density at radius 2 is 1.86 bits per heavy atom. The monoisotopic (exact) mass is 289 g/mol. The summed E-state index contributed by atoms with van der Waals surface area (Å²) in [7, 11) is 1.31. The number of carbonyl (C=O) groups is 1. The Kier molecular flexibility index (Phi) is 3.75. The second-order valence-electron chi connectivity index (χ2n) is 4.18. The van der Waals surface area contributed by atoms with Crippen molar-refractivity contribution in [2.75, 3.05) is 7.11 Å². The predicted octanol–water partition coefficient (Wildman–Crippen LogP) is 2.67. The average molecular weight is 289 g/mol. The fourth-order valence-corrected chi connectivity index (χ4v) is 1.87. The van der Waals surface area contributed by atoms with Gasteiger partial charge in [-0.2, -0.15) is 0 Å². The van der Waals surface area contributed by atoms with E-state index >= 15 is 0 Å². The molecule has 0 aliphatic heterocycles. The van der Waals surface area contributed by atoms with Crippen LogP contribution in [0.2, 0.25) is 0 Å². The molecular formula is C14H11NO6. The number of phenolic OH excluding ortho intramolecular Hbond substituents is 1. The van der Waals surface area contributed by atoms with Gasteiger partial charge >= 0.3 is 5.97 Å². The van der Waals surface area contributed by atoms with Gasteiger partial charge in [-0.1, -0.05) is 0 Å². The van der Waals surface area contributed by atoms with E-state index < -0.39 is 10.9 Å². The molecule has 0 heterocycles. The lowest BCUT2D eigenvalue weighted by atomic mass is 10.0. The number of carboxylic acids is 1. The second kappa shape index (κ2) is 5.49. The maximum atomic E-state index is 11.1. The first-order chi connectivity index (χ1) is 9.93. The van der Waals surface area contributed by atoms with Crippen molar-refractivity contribution in [2.45, 2.75) is 0 Å². The summed E-state index contributed by atoms with van der Waals surface area (Å²) in [6.45, 7) is 0. The van der Waals surface area contributed by atoms with E-state index in [-0.39, 0.29) is 28.3 Å². The van der Waals surface area contributed by atoms with Gasteiger partial charge in [-0.3, -0.25) is 10.1 Å². The molecule has 0 fully saturated rings. The quantitative estimate of drug-likeness (QED) is 0.661. The number of aromatic carboxylic acids is 1. The average Bonchev–Trinajstić information content (AvgIpc) is 2.47. The third-order valence-electron chi connectivity index (χ3n) is 2.93. The molecular weight excluding hydrogens is 278 g/mol. The molecule has 0 radical (unpaired) electrons. The SMILES string of the molecule is COc1cc(C(=O)O)cc(-c2ccc([N+](=O)[O-])cc2)c1O. The third-order valence-corrected chi connectivity index (χ3v) is 2.93. The van der Waals surface area contributed by atoms with E-state index in [4.69, 9.17) is 9.84 Å². The van der Waals surface area contributed by atoms with Crippen LogP contribution in [0.3, 0.4) is 0 Å². The second-order valence-corrected chi connectivity index (χ2v) is 4.18. The fraction of sp³-hybridized carbons (Fsp3) is 0.0714. The Bertz CT molecular complexity index is 708. The summed E-state index contributed by atoms with van der Waals surface area (Å²) >= 11 is 0. The van der Waals surface area contributed by atoms with Crippen LogP contribution in [0, 0.1) is 10.1 Å². The largest absolute Gasteiger partial charge is 0.504 e. The van der Waals surface area contributed by atoms with Crippen LogP contribution in [-0.4, -0.2) is 28.2 Å². The number of ether oxygens (including phenoxy) is 1. The predicted molar refractivity (Wildman–Crippen MR) is 73.7 cm³/mol. The standard InChI is InChI=1S/C14H11NO6/c1-21-12-7-9(14(17)18)6-11(13(12)16)8-2-4-10(5-3-8)15(19)20/h2-7,16H,1H3,(H,17,18). The number of rotatable bonds is 4. The molecule has 0 bridgehead atoms. The number of phenols is 1. The van der Waals surface area contributed by atoms with Crippen LogP contribution < -0.4 is 4.74 Å². The number of nitro groups is 1. The molecule has 0 aromatic heterocycles. The minimum atomic E-state index is -1.17. The van der Waals surface area contributed by atoms with Crippen molar-refractivity contribution < 1.29 is 24.7 Å². The zero-order valence-corrected chi connectivity index (χ0v) is 10.9. The maximum Gasteiger partial charge on any atom is 0.335 e. The number of aromatic hydroxyl groups is 1. The van der Waals surface area contributed by atoms with Gasteiger partial charge in [-0.05, 0) is 29.8 Å². The lowest BCUT2D eigenvalue weighted by Crippen LogP contribution is -1.98. The number of non-ortho nitro benzene ring substituents is 1. The molecule has 2 N–H and O–H groups in total. The van der Waals surface area contributed by atoms with Gasteiger partial charge in [-0.25, -0.2) is 4.79 Å². The third kappa shape index (κ3) is 2.76. The Morgan fingerprint density at radius 3 is 2.33 bits per heavy atom. The first kappa shape index (κ1) is 14.3. The van der Waals surface area contributed by atoms with Crippen molar-refractivity contribution in [2.24, 2.45) is 0 Å². The van der Waals surface area contributed by atoms with Crippen LogP contribution >= 0.6 is 0 Å². The summed E-state index contributed by atoms with van der Waals surface area (Å²) in [5.74, 6) is -1.38. The van der Waals surface area contributed by atoms with Crippen molar-refractivity contribution in [1.82, 2.24) is 0 Å². The number of methoxy groups -OCH3 is 1. The van der Waals surface area contributed by atoms with Gasteiger partial charge in [0.25, 0.3) is 5.69 Å². The molecule has 0 atom stereocenters.